The van der Waals surface area contributed by atoms with E-state index in [9.17, 15) is 5.26 Å². The Morgan fingerprint density at radius 3 is 2.58 bits per heavy atom. The van der Waals surface area contributed by atoms with Crippen molar-refractivity contribution in [3.63, 3.8) is 0 Å². The molecule has 0 spiro atoms. The number of aliphatic hydroxyl groups is 1. The van der Waals surface area contributed by atoms with Gasteiger partial charge < -0.3 is 15.4 Å². The van der Waals surface area contributed by atoms with Crippen LogP contribution in [0, 0.1) is 11.3 Å². The minimum Gasteiger partial charge on any atom is -0.395 e. The zero-order valence-electron chi connectivity index (χ0n) is 10.0. The van der Waals surface area contributed by atoms with Crippen LogP contribution in [0.15, 0.2) is 24.3 Å². The molecule has 0 aliphatic heterocycles. The van der Waals surface area contributed by atoms with Crippen molar-refractivity contribution in [2.75, 3.05) is 12.3 Å². The third kappa shape index (κ3) is 1.60. The van der Waals surface area contributed by atoms with E-state index in [1.54, 1.807) is 4.57 Å². The first-order valence-corrected chi connectivity index (χ1v) is 5.81. The lowest BCUT2D eigenvalue weighted by Crippen LogP contribution is -2.07. The first-order valence-electron chi connectivity index (χ1n) is 5.81. The van der Waals surface area contributed by atoms with Crippen LogP contribution in [0.1, 0.15) is 5.56 Å². The van der Waals surface area contributed by atoms with E-state index in [1.807, 2.05) is 24.3 Å². The van der Waals surface area contributed by atoms with Gasteiger partial charge in [-0.1, -0.05) is 12.1 Å². The molecule has 94 valence electrons. The number of nitrogens with two attached hydrogens (primary N) is 1. The molecule has 0 fully saturated rings. The Labute approximate surface area is 108 Å². The maximum Gasteiger partial charge on any atom is 0.162 e. The van der Waals surface area contributed by atoms with Crippen LogP contribution in [-0.2, 0) is 6.54 Å². The van der Waals surface area contributed by atoms with Gasteiger partial charge in [-0.3, -0.25) is 0 Å². The second-order valence-electron chi connectivity index (χ2n) is 4.13. The summed E-state index contributed by atoms with van der Waals surface area (Å²) in [6.07, 6.45) is 0. The number of anilines is 1. The molecular weight excluding hydrogens is 242 g/mol. The van der Waals surface area contributed by atoms with Gasteiger partial charge >= 0.3 is 0 Å². The van der Waals surface area contributed by atoms with E-state index in [-0.39, 0.29) is 13.2 Å². The first kappa shape index (κ1) is 11.4. The number of nitriles is 1. The van der Waals surface area contributed by atoms with Crippen molar-refractivity contribution in [2.45, 2.75) is 6.54 Å². The Bertz CT molecular complexity index is 815. The van der Waals surface area contributed by atoms with Crippen LogP contribution >= 0.6 is 0 Å². The fourth-order valence-electron chi connectivity index (χ4n) is 2.15. The Kier molecular flexibility index (Phi) is 2.54. The molecule has 0 aliphatic rings. The van der Waals surface area contributed by atoms with Crippen LogP contribution < -0.4 is 5.73 Å². The molecule has 6 heteroatoms. The number of aliphatic hydroxyl groups excluding tert-OH is 1. The molecule has 2 heterocycles. The summed E-state index contributed by atoms with van der Waals surface area (Å²) >= 11 is 0. The van der Waals surface area contributed by atoms with Crippen molar-refractivity contribution in [3.8, 4) is 6.07 Å². The molecule has 0 aliphatic carbocycles. The maximum atomic E-state index is 9.20. The topological polar surface area (TPSA) is 101 Å². The summed E-state index contributed by atoms with van der Waals surface area (Å²) < 4.78 is 1.62. The minimum atomic E-state index is -0.0760. The monoisotopic (exact) mass is 253 g/mol. The molecule has 0 saturated carbocycles. The molecule has 1 aromatic carbocycles. The van der Waals surface area contributed by atoms with E-state index in [4.69, 9.17) is 10.8 Å². The average molecular weight is 253 g/mol. The van der Waals surface area contributed by atoms with Crippen LogP contribution in [0.25, 0.3) is 22.2 Å². The second kappa shape index (κ2) is 4.23. The van der Waals surface area contributed by atoms with Gasteiger partial charge in [0.25, 0.3) is 0 Å². The van der Waals surface area contributed by atoms with Crippen LogP contribution in [0.3, 0.4) is 0 Å². The quantitative estimate of drug-likeness (QED) is 0.710. The van der Waals surface area contributed by atoms with Gasteiger partial charge in [0, 0.05) is 6.54 Å². The first-order chi connectivity index (χ1) is 9.26. The Balaban J connectivity index is 2.46. The Morgan fingerprint density at radius 1 is 1.26 bits per heavy atom. The lowest BCUT2D eigenvalue weighted by atomic mass is 10.2. The number of hydrogen-bond donors (Lipinski definition) is 2. The minimum absolute atomic E-state index is 0.0760. The molecule has 3 N–H and O–H groups in total. The summed E-state index contributed by atoms with van der Waals surface area (Å²) in [5, 5.41) is 18.3. The van der Waals surface area contributed by atoms with Crippen molar-refractivity contribution < 1.29 is 5.11 Å². The zero-order chi connectivity index (χ0) is 13.4. The van der Waals surface area contributed by atoms with E-state index < -0.39 is 0 Å². The van der Waals surface area contributed by atoms with Gasteiger partial charge in [0.1, 0.15) is 23.0 Å². The average Bonchev–Trinajstić information content (AvgIpc) is 2.69. The molecule has 2 aromatic heterocycles. The van der Waals surface area contributed by atoms with E-state index in [2.05, 4.69) is 16.0 Å². The third-order valence-corrected chi connectivity index (χ3v) is 3.03. The largest absolute Gasteiger partial charge is 0.395 e. The smallest absolute Gasteiger partial charge is 0.162 e. The van der Waals surface area contributed by atoms with Crippen molar-refractivity contribution in [2.24, 2.45) is 0 Å². The van der Waals surface area contributed by atoms with Gasteiger partial charge in [-0.05, 0) is 12.1 Å². The predicted molar refractivity (Wildman–Crippen MR) is 71.2 cm³/mol. The number of nitrogens with zero attached hydrogens (tertiary/aromatic N) is 4. The number of rotatable bonds is 2. The maximum absolute atomic E-state index is 9.20. The molecule has 0 bridgehead atoms. The van der Waals surface area contributed by atoms with E-state index >= 15 is 0 Å². The van der Waals surface area contributed by atoms with Crippen LogP contribution in [0.2, 0.25) is 0 Å². The number of nitrogen functional groups attached to an aromatic ring is 1. The van der Waals surface area contributed by atoms with Crippen molar-refractivity contribution >= 4 is 28.0 Å². The number of benzene rings is 1. The Hall–Kier alpha value is -2.65. The van der Waals surface area contributed by atoms with Gasteiger partial charge in [-0.25, -0.2) is 9.97 Å². The molecule has 6 nitrogen and oxygen atoms in total. The van der Waals surface area contributed by atoms with Gasteiger partial charge in [0.2, 0.25) is 0 Å². The lowest BCUT2D eigenvalue weighted by molar-refractivity contribution is 0.278. The van der Waals surface area contributed by atoms with Crippen LogP contribution in [-0.4, -0.2) is 26.2 Å². The molecule has 19 heavy (non-hydrogen) atoms. The highest BCUT2D eigenvalue weighted by Gasteiger charge is 2.17. The molecule has 3 aromatic rings. The highest BCUT2D eigenvalue weighted by Crippen LogP contribution is 2.26. The normalized spacial score (nSPS) is 10.9. The van der Waals surface area contributed by atoms with Crippen LogP contribution in [0.5, 0.6) is 0 Å². The summed E-state index contributed by atoms with van der Waals surface area (Å²) in [5.41, 5.74) is 8.69. The summed E-state index contributed by atoms with van der Waals surface area (Å²) in [6, 6.07) is 9.47. The molecule has 0 unspecified atom stereocenters. The summed E-state index contributed by atoms with van der Waals surface area (Å²) in [5.74, 6) is 0.293. The molecular formula is C13H11N5O. The third-order valence-electron chi connectivity index (χ3n) is 3.03. The number of fused-ring (bicyclic) bond motifs is 2. The van der Waals surface area contributed by atoms with Crippen LogP contribution in [0.4, 0.5) is 5.82 Å². The SMILES string of the molecule is N#Cc1c(N)n(CCO)c2nc3ccccc3nc12. The van der Waals surface area contributed by atoms with Gasteiger partial charge in [0.05, 0.1) is 17.6 Å². The zero-order valence-corrected chi connectivity index (χ0v) is 10.0. The summed E-state index contributed by atoms with van der Waals surface area (Å²) in [7, 11) is 0. The van der Waals surface area contributed by atoms with Crippen molar-refractivity contribution in [1.29, 1.82) is 5.26 Å². The van der Waals surface area contributed by atoms with E-state index in [0.717, 1.165) is 5.52 Å². The lowest BCUT2D eigenvalue weighted by Gasteiger charge is -2.04. The molecule has 0 saturated heterocycles. The highest BCUT2D eigenvalue weighted by atomic mass is 16.3. The summed E-state index contributed by atoms with van der Waals surface area (Å²) in [4.78, 5) is 8.93. The van der Waals surface area contributed by atoms with Gasteiger partial charge in [0.15, 0.2) is 5.65 Å². The molecule has 0 atom stereocenters. The van der Waals surface area contributed by atoms with Gasteiger partial charge in [-0.15, -0.1) is 0 Å². The number of para-hydroxylation sites is 2. The predicted octanol–water partition coefficient (Wildman–Crippen LogP) is 1.03. The van der Waals surface area contributed by atoms with Crippen molar-refractivity contribution in [1.82, 2.24) is 14.5 Å². The number of hydrogen-bond acceptors (Lipinski definition) is 5. The van der Waals surface area contributed by atoms with Gasteiger partial charge in [-0.2, -0.15) is 5.26 Å². The summed E-state index contributed by atoms with van der Waals surface area (Å²) in [6.45, 7) is 0.213. The fourth-order valence-corrected chi connectivity index (χ4v) is 2.15. The van der Waals surface area contributed by atoms with Crippen molar-refractivity contribution in [3.05, 3.63) is 29.8 Å². The van der Waals surface area contributed by atoms with E-state index in [0.29, 0.717) is 28.1 Å². The molecule has 0 amide bonds. The second-order valence-corrected chi connectivity index (χ2v) is 4.13. The Morgan fingerprint density at radius 2 is 1.95 bits per heavy atom. The molecule has 0 radical (unpaired) electrons. The van der Waals surface area contributed by atoms with E-state index in [1.165, 1.54) is 0 Å². The fraction of sp³-hybridized carbons (Fsp3) is 0.154. The number of aromatic nitrogens is 3. The standard InChI is InChI=1S/C13H11N5O/c14-7-8-11-13(18(5-6-19)12(8)15)17-10-4-2-1-3-9(10)16-11/h1-4,19H,5-6,15H2. The molecule has 3 rings (SSSR count). The highest BCUT2D eigenvalue weighted by molar-refractivity contribution is 5.92.